The van der Waals surface area contributed by atoms with Crippen LogP contribution in [0.15, 0.2) is 32.9 Å². The fraction of sp³-hybridized carbons (Fsp3) is 0.0909. The van der Waals surface area contributed by atoms with Gasteiger partial charge in [0.15, 0.2) is 5.17 Å². The Balaban J connectivity index is 2.22. The van der Waals surface area contributed by atoms with Gasteiger partial charge in [0.05, 0.1) is 17.5 Å². The maximum absolute atomic E-state index is 11.1. The number of hydrogen-bond acceptors (Lipinski definition) is 5. The zero-order chi connectivity index (χ0) is 13.8. The normalized spacial score (nSPS) is 17.1. The first-order valence-electron chi connectivity index (χ1n) is 5.13. The lowest BCUT2D eigenvalue weighted by Crippen LogP contribution is -2.19. The van der Waals surface area contributed by atoms with Crippen molar-refractivity contribution in [2.45, 2.75) is 0 Å². The van der Waals surface area contributed by atoms with E-state index < -0.39 is 5.97 Å². The highest BCUT2D eigenvalue weighted by molar-refractivity contribution is 9.10. The van der Waals surface area contributed by atoms with Gasteiger partial charge in [0.1, 0.15) is 0 Å². The van der Waals surface area contributed by atoms with Crippen molar-refractivity contribution < 1.29 is 14.7 Å². The molecule has 0 unspecified atom stereocenters. The fourth-order valence-corrected chi connectivity index (χ4v) is 2.58. The van der Waals surface area contributed by atoms with Crippen LogP contribution in [0.3, 0.4) is 0 Å². The quantitative estimate of drug-likeness (QED) is 0.646. The number of carbonyl (C=O) groups is 2. The molecule has 6 nitrogen and oxygen atoms in total. The standard InChI is InChI=1S/C11H8BrN3O3S/c12-7-3-1-2-6(9(7)10(17)18)4-13-15-11-14-8(16)5-19-11/h1-4H,5H2,(H,17,18)(H,14,15,16). The van der Waals surface area contributed by atoms with Crippen LogP contribution in [0.1, 0.15) is 15.9 Å². The van der Waals surface area contributed by atoms with Gasteiger partial charge in [-0.15, -0.1) is 5.10 Å². The van der Waals surface area contributed by atoms with Crippen molar-refractivity contribution in [3.8, 4) is 0 Å². The van der Waals surface area contributed by atoms with Crippen LogP contribution in [0, 0.1) is 0 Å². The number of halogens is 1. The van der Waals surface area contributed by atoms with E-state index in [-0.39, 0.29) is 11.5 Å². The average Bonchev–Trinajstić information content (AvgIpc) is 2.74. The Labute approximate surface area is 121 Å². The van der Waals surface area contributed by atoms with Gasteiger partial charge in [-0.1, -0.05) is 23.9 Å². The summed E-state index contributed by atoms with van der Waals surface area (Å²) < 4.78 is 0.472. The lowest BCUT2D eigenvalue weighted by atomic mass is 10.1. The van der Waals surface area contributed by atoms with Gasteiger partial charge in [-0.25, -0.2) is 4.79 Å². The number of thioether (sulfide) groups is 1. The van der Waals surface area contributed by atoms with E-state index in [1.54, 1.807) is 18.2 Å². The molecule has 1 aliphatic rings. The number of aromatic carboxylic acids is 1. The summed E-state index contributed by atoms with van der Waals surface area (Å²) in [7, 11) is 0. The van der Waals surface area contributed by atoms with Crippen LogP contribution < -0.4 is 5.32 Å². The maximum atomic E-state index is 11.1. The molecular formula is C11H8BrN3O3S. The number of amidine groups is 1. The van der Waals surface area contributed by atoms with E-state index in [0.717, 1.165) is 0 Å². The summed E-state index contributed by atoms with van der Waals surface area (Å²) in [5.41, 5.74) is 0.551. The maximum Gasteiger partial charge on any atom is 0.337 e. The van der Waals surface area contributed by atoms with Gasteiger partial charge in [-0.2, -0.15) is 5.10 Å². The van der Waals surface area contributed by atoms with Gasteiger partial charge in [0.25, 0.3) is 0 Å². The molecule has 0 bridgehead atoms. The van der Waals surface area contributed by atoms with E-state index in [2.05, 4.69) is 31.4 Å². The number of carboxylic acids is 1. The summed E-state index contributed by atoms with van der Waals surface area (Å²) in [4.78, 5) is 22.0. The molecule has 0 radical (unpaired) electrons. The van der Waals surface area contributed by atoms with Gasteiger partial charge in [0, 0.05) is 10.0 Å². The van der Waals surface area contributed by atoms with Gasteiger partial charge in [-0.05, 0) is 22.0 Å². The Kier molecular flexibility index (Phi) is 4.33. The largest absolute Gasteiger partial charge is 0.478 e. The van der Waals surface area contributed by atoms with E-state index in [1.807, 2.05) is 0 Å². The van der Waals surface area contributed by atoms with Gasteiger partial charge in [-0.3, -0.25) is 4.79 Å². The number of nitrogens with zero attached hydrogens (tertiary/aromatic N) is 2. The number of rotatable bonds is 3. The molecule has 2 rings (SSSR count). The molecule has 0 atom stereocenters. The van der Waals surface area contributed by atoms with Crippen molar-refractivity contribution in [2.75, 3.05) is 5.75 Å². The lowest BCUT2D eigenvalue weighted by Gasteiger charge is -2.02. The highest BCUT2D eigenvalue weighted by Gasteiger charge is 2.16. The Bertz CT molecular complexity index is 601. The smallest absolute Gasteiger partial charge is 0.337 e. The molecule has 1 fully saturated rings. The number of benzene rings is 1. The Morgan fingerprint density at radius 1 is 1.53 bits per heavy atom. The monoisotopic (exact) mass is 341 g/mol. The van der Waals surface area contributed by atoms with Crippen molar-refractivity contribution in [1.29, 1.82) is 0 Å². The lowest BCUT2D eigenvalue weighted by molar-refractivity contribution is -0.116. The molecule has 1 heterocycles. The zero-order valence-electron chi connectivity index (χ0n) is 9.46. The van der Waals surface area contributed by atoms with Gasteiger partial charge in [0.2, 0.25) is 5.91 Å². The van der Waals surface area contributed by atoms with E-state index in [4.69, 9.17) is 5.11 Å². The topological polar surface area (TPSA) is 91.1 Å². The average molecular weight is 342 g/mol. The van der Waals surface area contributed by atoms with Crippen LogP contribution in [-0.4, -0.2) is 34.1 Å². The van der Waals surface area contributed by atoms with Crippen molar-refractivity contribution in [3.63, 3.8) is 0 Å². The summed E-state index contributed by atoms with van der Waals surface area (Å²) in [5, 5.41) is 19.6. The van der Waals surface area contributed by atoms with Crippen LogP contribution in [-0.2, 0) is 4.79 Å². The minimum absolute atomic E-state index is 0.118. The third-order valence-electron chi connectivity index (χ3n) is 2.19. The Morgan fingerprint density at radius 3 is 2.95 bits per heavy atom. The molecule has 1 saturated heterocycles. The molecule has 2 N–H and O–H groups in total. The first kappa shape index (κ1) is 13.8. The summed E-state index contributed by atoms with van der Waals surface area (Å²) in [5.74, 6) is -0.844. The minimum atomic E-state index is -1.05. The SMILES string of the molecule is O=C1CSC(=NN=Cc2cccc(Br)c2C(=O)O)N1. The molecular weight excluding hydrogens is 334 g/mol. The van der Waals surface area contributed by atoms with Crippen LogP contribution in [0.4, 0.5) is 0 Å². The first-order chi connectivity index (χ1) is 9.08. The number of hydrogen-bond donors (Lipinski definition) is 2. The summed E-state index contributed by atoms with van der Waals surface area (Å²) >= 11 is 4.42. The molecule has 0 spiro atoms. The van der Waals surface area contributed by atoms with Crippen molar-refractivity contribution >= 4 is 51.0 Å². The second kappa shape index (κ2) is 5.98. The highest BCUT2D eigenvalue weighted by atomic mass is 79.9. The second-order valence-corrected chi connectivity index (χ2v) is 5.31. The molecule has 0 aromatic heterocycles. The number of nitrogens with one attached hydrogen (secondary N) is 1. The Hall–Kier alpha value is -1.67. The molecule has 19 heavy (non-hydrogen) atoms. The minimum Gasteiger partial charge on any atom is -0.478 e. The van der Waals surface area contributed by atoms with Crippen LogP contribution in [0.25, 0.3) is 0 Å². The molecule has 1 aromatic rings. The van der Waals surface area contributed by atoms with Crippen LogP contribution in [0.5, 0.6) is 0 Å². The fourth-order valence-electron chi connectivity index (χ4n) is 1.40. The third kappa shape index (κ3) is 3.42. The molecule has 1 aromatic carbocycles. The predicted octanol–water partition coefficient (Wildman–Crippen LogP) is 1.70. The van der Waals surface area contributed by atoms with E-state index >= 15 is 0 Å². The van der Waals surface area contributed by atoms with Crippen LogP contribution >= 0.6 is 27.7 Å². The molecule has 1 amide bonds. The van der Waals surface area contributed by atoms with E-state index in [1.165, 1.54) is 18.0 Å². The van der Waals surface area contributed by atoms with Crippen LogP contribution in [0.2, 0.25) is 0 Å². The molecule has 8 heteroatoms. The zero-order valence-corrected chi connectivity index (χ0v) is 11.9. The second-order valence-electron chi connectivity index (χ2n) is 3.50. The number of carbonyl (C=O) groups excluding carboxylic acids is 1. The molecule has 0 aliphatic carbocycles. The summed E-state index contributed by atoms with van der Waals surface area (Å²) in [6.45, 7) is 0. The summed E-state index contributed by atoms with van der Waals surface area (Å²) in [6.07, 6.45) is 1.34. The molecule has 0 saturated carbocycles. The van der Waals surface area contributed by atoms with E-state index in [9.17, 15) is 9.59 Å². The molecule has 98 valence electrons. The molecule has 1 aliphatic heterocycles. The van der Waals surface area contributed by atoms with Crippen molar-refractivity contribution in [1.82, 2.24) is 5.32 Å². The number of amides is 1. The van der Waals surface area contributed by atoms with Crippen molar-refractivity contribution in [2.24, 2.45) is 10.2 Å². The van der Waals surface area contributed by atoms with E-state index in [0.29, 0.717) is 21.0 Å². The van der Waals surface area contributed by atoms with Gasteiger partial charge >= 0.3 is 5.97 Å². The summed E-state index contributed by atoms with van der Waals surface area (Å²) in [6, 6.07) is 4.97. The first-order valence-corrected chi connectivity index (χ1v) is 6.91. The Morgan fingerprint density at radius 2 is 2.32 bits per heavy atom. The third-order valence-corrected chi connectivity index (χ3v) is 3.72. The van der Waals surface area contributed by atoms with Crippen molar-refractivity contribution in [3.05, 3.63) is 33.8 Å². The van der Waals surface area contributed by atoms with Gasteiger partial charge < -0.3 is 10.4 Å². The predicted molar refractivity (Wildman–Crippen MR) is 76.7 cm³/mol. The highest BCUT2D eigenvalue weighted by Crippen LogP contribution is 2.19. The number of carboxylic acid groups (broad SMARTS) is 1.